The second-order valence-electron chi connectivity index (χ2n) is 5.41. The molecule has 98 valence electrons. The Labute approximate surface area is 112 Å². The molecule has 0 spiro atoms. The topological polar surface area (TPSA) is 81.1 Å². The second-order valence-corrected chi connectivity index (χ2v) is 5.82. The van der Waals surface area contributed by atoms with Gasteiger partial charge in [-0.05, 0) is 44.7 Å². The van der Waals surface area contributed by atoms with Gasteiger partial charge in [-0.3, -0.25) is 4.79 Å². The number of benzene rings is 1. The van der Waals surface area contributed by atoms with Crippen molar-refractivity contribution in [2.24, 2.45) is 11.7 Å². The summed E-state index contributed by atoms with van der Waals surface area (Å²) in [5, 5.41) is 3.77. The standard InChI is InChI=1S/C13H18ClN3O/c1-13(2,7-3-4-7)17-11-9(12(16)18)5-8(15)6-10(11)14/h5-7,17H,3-4,15H2,1-2H3,(H2,16,18). The van der Waals surface area contributed by atoms with Crippen LogP contribution in [-0.4, -0.2) is 11.4 Å². The van der Waals surface area contributed by atoms with E-state index in [9.17, 15) is 4.79 Å². The maximum atomic E-state index is 11.5. The van der Waals surface area contributed by atoms with E-state index in [-0.39, 0.29) is 5.54 Å². The third kappa shape index (κ3) is 2.53. The molecule has 1 aromatic rings. The summed E-state index contributed by atoms with van der Waals surface area (Å²) in [6.45, 7) is 4.20. The lowest BCUT2D eigenvalue weighted by Gasteiger charge is -2.29. The van der Waals surface area contributed by atoms with Gasteiger partial charge in [0.05, 0.1) is 16.3 Å². The van der Waals surface area contributed by atoms with Crippen molar-refractivity contribution >= 4 is 28.9 Å². The van der Waals surface area contributed by atoms with Crippen LogP contribution in [0.25, 0.3) is 0 Å². The van der Waals surface area contributed by atoms with Crippen molar-refractivity contribution < 1.29 is 4.79 Å². The van der Waals surface area contributed by atoms with Gasteiger partial charge in [-0.25, -0.2) is 0 Å². The Hall–Kier alpha value is -1.42. The highest BCUT2D eigenvalue weighted by molar-refractivity contribution is 6.34. The van der Waals surface area contributed by atoms with E-state index in [2.05, 4.69) is 19.2 Å². The van der Waals surface area contributed by atoms with Crippen LogP contribution in [0.2, 0.25) is 5.02 Å². The first-order valence-electron chi connectivity index (χ1n) is 5.98. The summed E-state index contributed by atoms with van der Waals surface area (Å²) in [6.07, 6.45) is 2.39. The van der Waals surface area contributed by atoms with Gasteiger partial charge in [0.15, 0.2) is 0 Å². The highest BCUT2D eigenvalue weighted by Gasteiger charge is 2.38. The number of carbonyl (C=O) groups is 1. The zero-order valence-electron chi connectivity index (χ0n) is 10.6. The van der Waals surface area contributed by atoms with Crippen molar-refractivity contribution in [2.75, 3.05) is 11.1 Å². The lowest BCUT2D eigenvalue weighted by Crippen LogP contribution is -2.34. The molecule has 0 saturated heterocycles. The zero-order valence-corrected chi connectivity index (χ0v) is 11.3. The predicted octanol–water partition coefficient (Wildman–Crippen LogP) is 2.62. The molecule has 5 heteroatoms. The van der Waals surface area contributed by atoms with Crippen LogP contribution in [0, 0.1) is 5.92 Å². The maximum Gasteiger partial charge on any atom is 0.250 e. The van der Waals surface area contributed by atoms with Gasteiger partial charge in [0.25, 0.3) is 5.91 Å². The molecule has 0 radical (unpaired) electrons. The molecule has 0 heterocycles. The fraction of sp³-hybridized carbons (Fsp3) is 0.462. The molecule has 18 heavy (non-hydrogen) atoms. The van der Waals surface area contributed by atoms with Crippen LogP contribution in [0.15, 0.2) is 12.1 Å². The summed E-state index contributed by atoms with van der Waals surface area (Å²) in [5.74, 6) is 0.0742. The molecule has 1 aliphatic rings. The number of hydrogen-bond acceptors (Lipinski definition) is 3. The van der Waals surface area contributed by atoms with E-state index in [0.717, 1.165) is 0 Å². The van der Waals surface area contributed by atoms with Gasteiger partial charge in [0, 0.05) is 11.2 Å². The smallest absolute Gasteiger partial charge is 0.250 e. The van der Waals surface area contributed by atoms with Crippen molar-refractivity contribution in [3.63, 3.8) is 0 Å². The third-order valence-electron chi connectivity index (χ3n) is 3.42. The molecule has 0 atom stereocenters. The molecule has 0 bridgehead atoms. The SMILES string of the molecule is CC(C)(Nc1c(Cl)cc(N)cc1C(N)=O)C1CC1. The summed E-state index contributed by atoms with van der Waals surface area (Å²) in [4.78, 5) is 11.5. The van der Waals surface area contributed by atoms with Gasteiger partial charge in [-0.15, -0.1) is 0 Å². The van der Waals surface area contributed by atoms with E-state index < -0.39 is 5.91 Å². The third-order valence-corrected chi connectivity index (χ3v) is 3.72. The highest BCUT2D eigenvalue weighted by Crippen LogP contribution is 2.42. The monoisotopic (exact) mass is 267 g/mol. The normalized spacial score (nSPS) is 15.5. The zero-order chi connectivity index (χ0) is 13.5. The number of nitrogens with two attached hydrogens (primary N) is 2. The molecule has 4 nitrogen and oxygen atoms in total. The Balaban J connectivity index is 2.39. The van der Waals surface area contributed by atoms with Crippen LogP contribution in [0.4, 0.5) is 11.4 Å². The quantitative estimate of drug-likeness (QED) is 0.734. The minimum absolute atomic E-state index is 0.107. The molecule has 2 rings (SSSR count). The average molecular weight is 268 g/mol. The molecule has 1 amide bonds. The number of anilines is 2. The fourth-order valence-electron chi connectivity index (χ4n) is 2.18. The first kappa shape index (κ1) is 13.0. The van der Waals surface area contributed by atoms with E-state index in [1.807, 2.05) is 0 Å². The van der Waals surface area contributed by atoms with Gasteiger partial charge < -0.3 is 16.8 Å². The Morgan fingerprint density at radius 1 is 1.44 bits per heavy atom. The number of halogens is 1. The van der Waals surface area contributed by atoms with E-state index in [4.69, 9.17) is 23.1 Å². The van der Waals surface area contributed by atoms with Crippen molar-refractivity contribution in [2.45, 2.75) is 32.2 Å². The number of hydrogen-bond donors (Lipinski definition) is 3. The fourth-order valence-corrected chi connectivity index (χ4v) is 2.45. The number of primary amides is 1. The van der Waals surface area contributed by atoms with Crippen LogP contribution in [0.3, 0.4) is 0 Å². The first-order valence-corrected chi connectivity index (χ1v) is 6.36. The average Bonchev–Trinajstić information content (AvgIpc) is 3.04. The van der Waals surface area contributed by atoms with Gasteiger partial charge in [-0.2, -0.15) is 0 Å². The molecular weight excluding hydrogens is 250 g/mol. The lowest BCUT2D eigenvalue weighted by molar-refractivity contribution is 0.100. The minimum atomic E-state index is -0.529. The molecule has 1 aliphatic carbocycles. The van der Waals surface area contributed by atoms with Crippen molar-refractivity contribution in [1.29, 1.82) is 0 Å². The lowest BCUT2D eigenvalue weighted by atomic mass is 9.97. The molecule has 1 saturated carbocycles. The predicted molar refractivity (Wildman–Crippen MR) is 74.8 cm³/mol. The van der Waals surface area contributed by atoms with Gasteiger partial charge in [0.2, 0.25) is 0 Å². The summed E-state index contributed by atoms with van der Waals surface area (Å²) in [5.41, 5.74) is 12.3. The molecule has 0 aromatic heterocycles. The second kappa shape index (κ2) is 4.35. The Kier molecular flexibility index (Phi) is 3.15. The van der Waals surface area contributed by atoms with Gasteiger partial charge >= 0.3 is 0 Å². The van der Waals surface area contributed by atoms with E-state index in [1.54, 1.807) is 12.1 Å². The molecule has 0 unspecified atom stereocenters. The van der Waals surface area contributed by atoms with E-state index >= 15 is 0 Å². The van der Waals surface area contributed by atoms with Crippen LogP contribution in [0.1, 0.15) is 37.0 Å². The Bertz CT molecular complexity index is 495. The van der Waals surface area contributed by atoms with Crippen LogP contribution >= 0.6 is 11.6 Å². The molecule has 1 fully saturated rings. The van der Waals surface area contributed by atoms with Crippen molar-refractivity contribution in [3.05, 3.63) is 22.7 Å². The van der Waals surface area contributed by atoms with E-state index in [1.165, 1.54) is 12.8 Å². The van der Waals surface area contributed by atoms with Gasteiger partial charge in [-0.1, -0.05) is 11.6 Å². The molecule has 1 aromatic carbocycles. The summed E-state index contributed by atoms with van der Waals surface area (Å²) >= 11 is 6.16. The summed E-state index contributed by atoms with van der Waals surface area (Å²) < 4.78 is 0. The van der Waals surface area contributed by atoms with Crippen LogP contribution in [0.5, 0.6) is 0 Å². The number of carbonyl (C=O) groups excluding carboxylic acids is 1. The van der Waals surface area contributed by atoms with Crippen LogP contribution in [-0.2, 0) is 0 Å². The number of nitrogen functional groups attached to an aromatic ring is 1. The molecule has 5 N–H and O–H groups in total. The number of amides is 1. The largest absolute Gasteiger partial charge is 0.399 e. The van der Waals surface area contributed by atoms with Crippen molar-refractivity contribution in [3.8, 4) is 0 Å². The molecule has 0 aliphatic heterocycles. The highest BCUT2D eigenvalue weighted by atomic mass is 35.5. The maximum absolute atomic E-state index is 11.5. The van der Waals surface area contributed by atoms with Gasteiger partial charge in [0.1, 0.15) is 0 Å². The van der Waals surface area contributed by atoms with E-state index in [0.29, 0.717) is 27.9 Å². The Morgan fingerprint density at radius 2 is 2.06 bits per heavy atom. The molecular formula is C13H18ClN3O. The minimum Gasteiger partial charge on any atom is -0.399 e. The first-order chi connectivity index (χ1) is 8.31. The Morgan fingerprint density at radius 3 is 2.56 bits per heavy atom. The van der Waals surface area contributed by atoms with Crippen LogP contribution < -0.4 is 16.8 Å². The van der Waals surface area contributed by atoms with Crippen molar-refractivity contribution in [1.82, 2.24) is 0 Å². The summed E-state index contributed by atoms with van der Waals surface area (Å²) in [6, 6.07) is 3.18. The number of nitrogens with one attached hydrogen (secondary N) is 1. The number of rotatable bonds is 4. The summed E-state index contributed by atoms with van der Waals surface area (Å²) in [7, 11) is 0.